The van der Waals surface area contributed by atoms with Gasteiger partial charge in [0, 0.05) is 33.3 Å². The van der Waals surface area contributed by atoms with Crippen LogP contribution in [-0.4, -0.2) is 4.57 Å². The molecule has 0 N–H and O–H groups in total. The predicted octanol–water partition coefficient (Wildman–Crippen LogP) is 15.7. The minimum Gasteiger partial charge on any atom is -0.309 e. The summed E-state index contributed by atoms with van der Waals surface area (Å²) in [5.41, 5.74) is 19.1. The molecule has 11 aromatic rings. The van der Waals surface area contributed by atoms with Crippen LogP contribution in [0.25, 0.3) is 83.6 Å². The van der Waals surface area contributed by atoms with Crippen LogP contribution < -0.4 is 15.3 Å². The standard InChI is InChI=1S/C64H46N2/c1-5-20-45(21-6-1)50-38-40-62(58(43-50)47-24-9-3-10-25-47)66(60-36-15-13-32-55(60)57-35-19-27-48-26-18-34-54(64(48)57)46-22-7-2-8-23-46)53-31-17-28-49(42-53)51-39-41-63-59(44-51)56-33-14-16-37-61(56)65(63)52-29-11-4-12-30-52/h1-18,20-34,36-44H,19,35H2. The maximum Gasteiger partial charge on any atom is 0.0541 e. The monoisotopic (exact) mass is 842 g/mol. The van der Waals surface area contributed by atoms with E-state index in [2.05, 4.69) is 264 Å². The van der Waals surface area contributed by atoms with Gasteiger partial charge in [-0.15, -0.1) is 0 Å². The lowest BCUT2D eigenvalue weighted by Crippen LogP contribution is -2.32. The Hall–Kier alpha value is -8.46. The molecule has 0 atom stereocenters. The topological polar surface area (TPSA) is 8.17 Å². The van der Waals surface area contributed by atoms with E-state index in [0.29, 0.717) is 0 Å². The van der Waals surface area contributed by atoms with E-state index >= 15 is 0 Å². The first-order valence-electron chi connectivity index (χ1n) is 23.0. The Morgan fingerprint density at radius 3 is 1.70 bits per heavy atom. The summed E-state index contributed by atoms with van der Waals surface area (Å²) in [4.78, 5) is 2.52. The van der Waals surface area contributed by atoms with Crippen LogP contribution in [0.2, 0.25) is 0 Å². The summed E-state index contributed by atoms with van der Waals surface area (Å²) in [6, 6.07) is 90.9. The molecule has 2 heteroatoms. The zero-order valence-electron chi connectivity index (χ0n) is 36.6. The molecule has 66 heavy (non-hydrogen) atoms. The van der Waals surface area contributed by atoms with Gasteiger partial charge in [-0.25, -0.2) is 0 Å². The van der Waals surface area contributed by atoms with Gasteiger partial charge in [-0.2, -0.15) is 0 Å². The SMILES string of the molecule is C1=c2cccc(-c3ccccc3)c2=C(c2ccccc2N(c2cccc(-c3ccc4c(c3)c3ccccc3n4-c3ccccc3)c2)c2ccc(-c3ccccc3)cc2-c2ccccc2)CC1. The molecule has 1 aromatic heterocycles. The van der Waals surface area contributed by atoms with Gasteiger partial charge in [0.2, 0.25) is 0 Å². The minimum atomic E-state index is 0.941. The fraction of sp³-hybridized carbons (Fsp3) is 0.0312. The van der Waals surface area contributed by atoms with E-state index in [0.717, 1.165) is 41.2 Å². The molecule has 0 spiro atoms. The lowest BCUT2D eigenvalue weighted by Gasteiger charge is -2.31. The molecule has 1 heterocycles. The quantitative estimate of drug-likeness (QED) is 0.141. The van der Waals surface area contributed by atoms with Crippen LogP contribution in [0.5, 0.6) is 0 Å². The molecular formula is C64H46N2. The van der Waals surface area contributed by atoms with E-state index in [1.165, 1.54) is 82.3 Å². The number of benzene rings is 10. The molecule has 0 unspecified atom stereocenters. The first-order valence-corrected chi connectivity index (χ1v) is 23.0. The highest BCUT2D eigenvalue weighted by atomic mass is 15.1. The number of aromatic nitrogens is 1. The molecule has 1 aliphatic rings. The molecule has 0 bridgehead atoms. The minimum absolute atomic E-state index is 0.941. The fourth-order valence-electron chi connectivity index (χ4n) is 10.3. The van der Waals surface area contributed by atoms with Gasteiger partial charge < -0.3 is 9.47 Å². The molecule has 312 valence electrons. The van der Waals surface area contributed by atoms with Gasteiger partial charge in [0.05, 0.1) is 22.4 Å². The molecule has 0 radical (unpaired) electrons. The van der Waals surface area contributed by atoms with Crippen LogP contribution in [0, 0.1) is 0 Å². The highest BCUT2D eigenvalue weighted by Gasteiger charge is 2.24. The van der Waals surface area contributed by atoms with Gasteiger partial charge >= 0.3 is 0 Å². The number of nitrogens with zero attached hydrogens (tertiary/aromatic N) is 2. The normalized spacial score (nSPS) is 12.2. The Kier molecular flexibility index (Phi) is 10.0. The van der Waals surface area contributed by atoms with Crippen molar-refractivity contribution in [1.82, 2.24) is 4.57 Å². The summed E-state index contributed by atoms with van der Waals surface area (Å²) >= 11 is 0. The molecule has 0 saturated heterocycles. The maximum atomic E-state index is 2.52. The van der Waals surface area contributed by atoms with Crippen LogP contribution >= 0.6 is 0 Å². The Morgan fingerprint density at radius 2 is 0.909 bits per heavy atom. The number of para-hydroxylation sites is 3. The highest BCUT2D eigenvalue weighted by molar-refractivity contribution is 6.10. The van der Waals surface area contributed by atoms with Gasteiger partial charge in [0.15, 0.2) is 0 Å². The number of hydrogen-bond donors (Lipinski definition) is 0. The second kappa shape index (κ2) is 16.9. The van der Waals surface area contributed by atoms with Crippen molar-refractivity contribution in [1.29, 1.82) is 0 Å². The Balaban J connectivity index is 1.10. The third-order valence-electron chi connectivity index (χ3n) is 13.3. The van der Waals surface area contributed by atoms with E-state index < -0.39 is 0 Å². The van der Waals surface area contributed by atoms with Crippen molar-refractivity contribution in [2.24, 2.45) is 0 Å². The summed E-state index contributed by atoms with van der Waals surface area (Å²) in [7, 11) is 0. The summed E-state index contributed by atoms with van der Waals surface area (Å²) in [6.07, 6.45) is 4.34. The zero-order chi connectivity index (χ0) is 43.8. The molecular weight excluding hydrogens is 797 g/mol. The average molecular weight is 843 g/mol. The summed E-state index contributed by atoms with van der Waals surface area (Å²) in [6.45, 7) is 0. The van der Waals surface area contributed by atoms with Crippen LogP contribution in [0.1, 0.15) is 18.4 Å². The summed E-state index contributed by atoms with van der Waals surface area (Å²) < 4.78 is 2.38. The molecule has 0 amide bonds. The number of rotatable bonds is 9. The van der Waals surface area contributed by atoms with E-state index in [1.807, 2.05) is 0 Å². The van der Waals surface area contributed by atoms with Gasteiger partial charge in [-0.05, 0) is 128 Å². The molecule has 0 fully saturated rings. The Morgan fingerprint density at radius 1 is 0.348 bits per heavy atom. The predicted molar refractivity (Wildman–Crippen MR) is 279 cm³/mol. The highest BCUT2D eigenvalue weighted by Crippen LogP contribution is 2.46. The van der Waals surface area contributed by atoms with Crippen molar-refractivity contribution < 1.29 is 0 Å². The lowest BCUT2D eigenvalue weighted by atomic mass is 9.88. The first kappa shape index (κ1) is 39.2. The van der Waals surface area contributed by atoms with Crippen molar-refractivity contribution in [2.45, 2.75) is 12.8 Å². The number of anilines is 3. The van der Waals surface area contributed by atoms with Crippen molar-refractivity contribution in [3.05, 3.63) is 265 Å². The van der Waals surface area contributed by atoms with Gasteiger partial charge in [-0.1, -0.05) is 194 Å². The third kappa shape index (κ3) is 7.01. The smallest absolute Gasteiger partial charge is 0.0541 e. The van der Waals surface area contributed by atoms with E-state index in [9.17, 15) is 0 Å². The van der Waals surface area contributed by atoms with E-state index in [4.69, 9.17) is 0 Å². The number of hydrogen-bond acceptors (Lipinski definition) is 1. The van der Waals surface area contributed by atoms with Gasteiger partial charge in [0.25, 0.3) is 0 Å². The molecule has 10 aromatic carbocycles. The molecule has 1 aliphatic carbocycles. The van der Waals surface area contributed by atoms with Crippen molar-refractivity contribution in [3.8, 4) is 50.2 Å². The summed E-state index contributed by atoms with van der Waals surface area (Å²) in [5.74, 6) is 0. The maximum absolute atomic E-state index is 2.52. The lowest BCUT2D eigenvalue weighted by molar-refractivity contribution is 1.07. The van der Waals surface area contributed by atoms with Gasteiger partial charge in [-0.3, -0.25) is 0 Å². The van der Waals surface area contributed by atoms with Crippen molar-refractivity contribution >= 4 is 50.5 Å². The van der Waals surface area contributed by atoms with Crippen LogP contribution in [0.3, 0.4) is 0 Å². The first-order chi connectivity index (χ1) is 32.8. The molecule has 12 rings (SSSR count). The second-order valence-corrected chi connectivity index (χ2v) is 17.1. The third-order valence-corrected chi connectivity index (χ3v) is 13.3. The Labute approximate surface area is 386 Å². The number of fused-ring (bicyclic) bond motifs is 4. The largest absolute Gasteiger partial charge is 0.309 e. The van der Waals surface area contributed by atoms with Crippen molar-refractivity contribution in [2.75, 3.05) is 4.90 Å². The van der Waals surface area contributed by atoms with Crippen LogP contribution in [0.4, 0.5) is 17.1 Å². The van der Waals surface area contributed by atoms with Crippen LogP contribution in [-0.2, 0) is 0 Å². The van der Waals surface area contributed by atoms with Crippen LogP contribution in [0.15, 0.2) is 249 Å². The summed E-state index contributed by atoms with van der Waals surface area (Å²) in [5, 5.41) is 5.09. The van der Waals surface area contributed by atoms with Gasteiger partial charge in [0.1, 0.15) is 0 Å². The van der Waals surface area contributed by atoms with Crippen molar-refractivity contribution in [3.63, 3.8) is 0 Å². The molecule has 2 nitrogen and oxygen atoms in total. The van der Waals surface area contributed by atoms with E-state index in [1.54, 1.807) is 0 Å². The fourth-order valence-corrected chi connectivity index (χ4v) is 10.3. The average Bonchev–Trinajstić information content (AvgIpc) is 3.73. The Bertz CT molecular complexity index is 3680. The molecule has 0 aliphatic heterocycles. The van der Waals surface area contributed by atoms with E-state index in [-0.39, 0.29) is 0 Å². The second-order valence-electron chi connectivity index (χ2n) is 17.1. The zero-order valence-corrected chi connectivity index (χ0v) is 36.6. The molecule has 0 saturated carbocycles.